The molecule has 7 nitrogen and oxygen atoms in total. The van der Waals surface area contributed by atoms with Crippen LogP contribution in [0.4, 0.5) is 5.69 Å². The Kier molecular flexibility index (Phi) is 2.88. The molecule has 4 aromatic heterocycles. The third-order valence-corrected chi connectivity index (χ3v) is 4.71. The zero-order valence-corrected chi connectivity index (χ0v) is 13.9. The Balaban J connectivity index is 2.04. The summed E-state index contributed by atoms with van der Waals surface area (Å²) in [5.41, 5.74) is 10.6. The van der Waals surface area contributed by atoms with Crippen LogP contribution in [0.3, 0.4) is 0 Å². The van der Waals surface area contributed by atoms with Crippen molar-refractivity contribution in [2.75, 3.05) is 5.73 Å². The average Bonchev–Trinajstić information content (AvgIpc) is 3.13. The van der Waals surface area contributed by atoms with Gasteiger partial charge >= 0.3 is 0 Å². The number of anilines is 1. The number of H-pyrrole nitrogens is 2. The molecule has 0 atom stereocenters. The van der Waals surface area contributed by atoms with E-state index in [2.05, 4.69) is 25.1 Å². The number of hydrogen-bond acceptors (Lipinski definition) is 5. The number of nitrogens with one attached hydrogen (secondary N) is 2. The van der Waals surface area contributed by atoms with Crippen molar-refractivity contribution >= 4 is 38.4 Å². The van der Waals surface area contributed by atoms with Gasteiger partial charge in [-0.3, -0.25) is 19.9 Å². The quantitative estimate of drug-likeness (QED) is 0.405. The maximum absolute atomic E-state index is 12.6. The maximum Gasteiger partial charge on any atom is 0.272 e. The van der Waals surface area contributed by atoms with Crippen molar-refractivity contribution in [2.45, 2.75) is 6.92 Å². The molecule has 0 aliphatic heterocycles. The van der Waals surface area contributed by atoms with Gasteiger partial charge in [-0.25, -0.2) is 0 Å². The van der Waals surface area contributed by atoms with Crippen LogP contribution >= 0.6 is 0 Å². The fraction of sp³-hybridized carbons (Fsp3) is 0.0526. The lowest BCUT2D eigenvalue weighted by molar-refractivity contribution is 1.12. The zero-order chi connectivity index (χ0) is 17.8. The van der Waals surface area contributed by atoms with Gasteiger partial charge in [0, 0.05) is 34.1 Å². The number of pyridine rings is 3. The largest absolute Gasteiger partial charge is 0.394 e. The van der Waals surface area contributed by atoms with E-state index in [1.54, 1.807) is 18.6 Å². The number of nitrogens with zero attached hydrogens (tertiary/aromatic N) is 3. The Morgan fingerprint density at radius 1 is 1.08 bits per heavy atom. The fourth-order valence-electron chi connectivity index (χ4n) is 3.52. The van der Waals surface area contributed by atoms with Gasteiger partial charge in [-0.05, 0) is 36.8 Å². The lowest BCUT2D eigenvalue weighted by Crippen LogP contribution is -2.14. The fourth-order valence-corrected chi connectivity index (χ4v) is 3.52. The van der Waals surface area contributed by atoms with Gasteiger partial charge in [0.1, 0.15) is 5.69 Å². The van der Waals surface area contributed by atoms with E-state index in [0.717, 1.165) is 32.8 Å². The third kappa shape index (κ3) is 1.88. The number of aromatic amines is 2. The first-order chi connectivity index (χ1) is 12.6. The van der Waals surface area contributed by atoms with E-state index < -0.39 is 0 Å². The second-order valence-corrected chi connectivity index (χ2v) is 6.25. The molecule has 7 heteroatoms. The van der Waals surface area contributed by atoms with E-state index in [1.807, 2.05) is 31.2 Å². The van der Waals surface area contributed by atoms with Crippen LogP contribution in [0.15, 0.2) is 47.7 Å². The molecule has 0 saturated carbocycles. The van der Waals surface area contributed by atoms with Crippen molar-refractivity contribution in [3.05, 3.63) is 58.8 Å². The average molecular weight is 342 g/mol. The van der Waals surface area contributed by atoms with Crippen LogP contribution in [0, 0.1) is 6.92 Å². The second kappa shape index (κ2) is 5.13. The van der Waals surface area contributed by atoms with Gasteiger partial charge in [-0.2, -0.15) is 5.10 Å². The van der Waals surface area contributed by atoms with Crippen LogP contribution in [0.25, 0.3) is 44.0 Å². The number of aromatic nitrogens is 5. The van der Waals surface area contributed by atoms with Gasteiger partial charge in [0.2, 0.25) is 0 Å². The Morgan fingerprint density at radius 2 is 1.96 bits per heavy atom. The van der Waals surface area contributed by atoms with E-state index in [9.17, 15) is 4.79 Å². The van der Waals surface area contributed by atoms with Crippen molar-refractivity contribution in [3.8, 4) is 11.3 Å². The molecular weight excluding hydrogens is 328 g/mol. The summed E-state index contributed by atoms with van der Waals surface area (Å²) in [7, 11) is 0. The standard InChI is InChI=1S/C19H14N6O/c1-9-7-11-14(18-12-8-23-25-13(12)4-6-22-18)15(20)19(26)24-17(11)10-3-2-5-21-16(9)10/h2-8H,20H2,1H3,(H,23,25)(H,24,26). The molecule has 0 saturated heterocycles. The summed E-state index contributed by atoms with van der Waals surface area (Å²) < 4.78 is 0. The van der Waals surface area contributed by atoms with Crippen LogP contribution in [0.5, 0.6) is 0 Å². The molecule has 0 radical (unpaired) electrons. The molecule has 0 aliphatic carbocycles. The van der Waals surface area contributed by atoms with Gasteiger partial charge in [0.25, 0.3) is 5.56 Å². The van der Waals surface area contributed by atoms with E-state index in [0.29, 0.717) is 16.8 Å². The smallest absolute Gasteiger partial charge is 0.272 e. The molecule has 0 spiro atoms. The van der Waals surface area contributed by atoms with E-state index in [1.165, 1.54) is 0 Å². The van der Waals surface area contributed by atoms with E-state index in [-0.39, 0.29) is 11.2 Å². The molecule has 0 bridgehead atoms. The summed E-state index contributed by atoms with van der Waals surface area (Å²) in [6.45, 7) is 1.99. The van der Waals surface area contributed by atoms with Gasteiger partial charge in [-0.1, -0.05) is 0 Å². The van der Waals surface area contributed by atoms with Crippen molar-refractivity contribution in [2.24, 2.45) is 0 Å². The third-order valence-electron chi connectivity index (χ3n) is 4.71. The summed E-state index contributed by atoms with van der Waals surface area (Å²) in [6.07, 6.45) is 5.11. The molecule has 5 rings (SSSR count). The molecule has 5 aromatic rings. The highest BCUT2D eigenvalue weighted by Crippen LogP contribution is 2.36. The van der Waals surface area contributed by atoms with Gasteiger partial charge in [-0.15, -0.1) is 0 Å². The summed E-state index contributed by atoms with van der Waals surface area (Å²) in [5, 5.41) is 9.54. The molecule has 0 aliphatic rings. The maximum atomic E-state index is 12.6. The highest BCUT2D eigenvalue weighted by atomic mass is 16.1. The van der Waals surface area contributed by atoms with Gasteiger partial charge in [0.05, 0.1) is 28.4 Å². The number of fused-ring (bicyclic) bond motifs is 4. The molecular formula is C19H14N6O. The highest BCUT2D eigenvalue weighted by molar-refractivity contribution is 6.14. The predicted octanol–water partition coefficient (Wildman–Crippen LogP) is 2.91. The Hall–Kier alpha value is -3.74. The molecule has 126 valence electrons. The lowest BCUT2D eigenvalue weighted by atomic mass is 9.97. The van der Waals surface area contributed by atoms with Crippen LogP contribution < -0.4 is 11.3 Å². The number of aryl methyl sites for hydroxylation is 1. The lowest BCUT2D eigenvalue weighted by Gasteiger charge is -2.13. The molecule has 4 heterocycles. The second-order valence-electron chi connectivity index (χ2n) is 6.25. The minimum atomic E-state index is -0.344. The van der Waals surface area contributed by atoms with Crippen LogP contribution in [-0.4, -0.2) is 25.1 Å². The first-order valence-corrected chi connectivity index (χ1v) is 8.13. The van der Waals surface area contributed by atoms with Crippen LogP contribution in [-0.2, 0) is 0 Å². The monoisotopic (exact) mass is 342 g/mol. The molecule has 0 unspecified atom stereocenters. The minimum Gasteiger partial charge on any atom is -0.394 e. The number of benzene rings is 1. The van der Waals surface area contributed by atoms with Crippen molar-refractivity contribution < 1.29 is 0 Å². The van der Waals surface area contributed by atoms with Crippen molar-refractivity contribution in [1.29, 1.82) is 0 Å². The SMILES string of the molecule is Cc1cc2c(-c3nccc4[nH]ncc34)c(N)c(=O)[nH]c2c2cccnc12. The summed E-state index contributed by atoms with van der Waals surface area (Å²) in [6, 6.07) is 7.62. The van der Waals surface area contributed by atoms with Gasteiger partial charge < -0.3 is 10.7 Å². The van der Waals surface area contributed by atoms with E-state index >= 15 is 0 Å². The van der Waals surface area contributed by atoms with Crippen LogP contribution in [0.2, 0.25) is 0 Å². The molecule has 0 fully saturated rings. The normalized spacial score (nSPS) is 11.6. The number of nitrogens with two attached hydrogens (primary N) is 1. The number of hydrogen-bond donors (Lipinski definition) is 3. The summed E-state index contributed by atoms with van der Waals surface area (Å²) in [4.78, 5) is 24.4. The minimum absolute atomic E-state index is 0.140. The highest BCUT2D eigenvalue weighted by Gasteiger charge is 2.18. The van der Waals surface area contributed by atoms with Gasteiger partial charge in [0.15, 0.2) is 0 Å². The summed E-state index contributed by atoms with van der Waals surface area (Å²) in [5.74, 6) is 0. The van der Waals surface area contributed by atoms with Crippen LogP contribution in [0.1, 0.15) is 5.56 Å². The van der Waals surface area contributed by atoms with Crippen molar-refractivity contribution in [3.63, 3.8) is 0 Å². The zero-order valence-electron chi connectivity index (χ0n) is 13.9. The first-order valence-electron chi connectivity index (χ1n) is 8.13. The molecule has 0 amide bonds. The Bertz CT molecular complexity index is 1380. The molecule has 26 heavy (non-hydrogen) atoms. The number of nitrogen functional groups attached to an aromatic ring is 1. The van der Waals surface area contributed by atoms with E-state index in [4.69, 9.17) is 5.73 Å². The predicted molar refractivity (Wildman–Crippen MR) is 102 cm³/mol. The number of rotatable bonds is 1. The summed E-state index contributed by atoms with van der Waals surface area (Å²) >= 11 is 0. The first kappa shape index (κ1) is 14.6. The Morgan fingerprint density at radius 3 is 2.85 bits per heavy atom. The van der Waals surface area contributed by atoms with Crippen molar-refractivity contribution in [1.82, 2.24) is 25.1 Å². The molecule has 4 N–H and O–H groups in total. The Labute approximate surface area is 146 Å². The topological polar surface area (TPSA) is 113 Å². The molecule has 1 aromatic carbocycles.